The van der Waals surface area contributed by atoms with Crippen molar-refractivity contribution in [3.63, 3.8) is 0 Å². The lowest BCUT2D eigenvalue weighted by atomic mass is 9.94. The van der Waals surface area contributed by atoms with E-state index in [9.17, 15) is 0 Å². The van der Waals surface area contributed by atoms with Crippen molar-refractivity contribution in [3.05, 3.63) is 0 Å². The molecule has 0 spiro atoms. The van der Waals surface area contributed by atoms with Crippen LogP contribution in [0.25, 0.3) is 0 Å². The summed E-state index contributed by atoms with van der Waals surface area (Å²) in [5, 5.41) is 6.97. The molecule has 2 fully saturated rings. The molecule has 0 radical (unpaired) electrons. The fourth-order valence-electron chi connectivity index (χ4n) is 2.53. The highest BCUT2D eigenvalue weighted by Crippen LogP contribution is 2.29. The molecule has 0 aromatic carbocycles. The van der Waals surface area contributed by atoms with E-state index in [1.807, 2.05) is 0 Å². The van der Waals surface area contributed by atoms with Gasteiger partial charge in [0.05, 0.1) is 0 Å². The summed E-state index contributed by atoms with van der Waals surface area (Å²) in [5.74, 6) is 0.958. The predicted molar refractivity (Wildman–Crippen MR) is 46.3 cm³/mol. The first-order valence-corrected chi connectivity index (χ1v) is 4.84. The molecule has 1 saturated heterocycles. The second-order valence-corrected chi connectivity index (χ2v) is 3.94. The van der Waals surface area contributed by atoms with Crippen LogP contribution in [0, 0.1) is 5.92 Å². The smallest absolute Gasteiger partial charge is 0.0459 e. The van der Waals surface area contributed by atoms with Gasteiger partial charge < -0.3 is 5.32 Å². The third kappa shape index (κ3) is 1.42. The Morgan fingerprint density at radius 1 is 1.09 bits per heavy atom. The van der Waals surface area contributed by atoms with Crippen molar-refractivity contribution in [2.75, 3.05) is 6.67 Å². The predicted octanol–water partition coefficient (Wildman–Crippen LogP) is 1.08. The van der Waals surface area contributed by atoms with Gasteiger partial charge in [-0.2, -0.15) is 0 Å². The van der Waals surface area contributed by atoms with Crippen molar-refractivity contribution >= 4 is 0 Å². The molecule has 1 saturated carbocycles. The molecule has 1 aliphatic carbocycles. The lowest BCUT2D eigenvalue weighted by Crippen LogP contribution is -2.36. The van der Waals surface area contributed by atoms with Crippen molar-refractivity contribution in [3.8, 4) is 0 Å². The number of hydrogen-bond acceptors (Lipinski definition) is 2. The SMILES string of the molecule is CC1NCNC1C1CCCC1. The lowest BCUT2D eigenvalue weighted by molar-refractivity contribution is 0.371. The number of nitrogens with one attached hydrogen (secondary N) is 2. The van der Waals surface area contributed by atoms with E-state index in [-0.39, 0.29) is 0 Å². The first-order chi connectivity index (χ1) is 5.38. The maximum Gasteiger partial charge on any atom is 0.0459 e. The van der Waals surface area contributed by atoms with Crippen LogP contribution in [0.2, 0.25) is 0 Å². The second kappa shape index (κ2) is 3.11. The van der Waals surface area contributed by atoms with Gasteiger partial charge in [-0.25, -0.2) is 0 Å². The van der Waals surface area contributed by atoms with Gasteiger partial charge in [0.2, 0.25) is 0 Å². The van der Waals surface area contributed by atoms with Crippen LogP contribution in [-0.2, 0) is 0 Å². The van der Waals surface area contributed by atoms with Crippen molar-refractivity contribution in [1.82, 2.24) is 10.6 Å². The fraction of sp³-hybridized carbons (Fsp3) is 1.00. The van der Waals surface area contributed by atoms with Crippen molar-refractivity contribution in [2.24, 2.45) is 5.92 Å². The summed E-state index contributed by atoms with van der Waals surface area (Å²) < 4.78 is 0. The first-order valence-electron chi connectivity index (χ1n) is 4.84. The highest BCUT2D eigenvalue weighted by atomic mass is 15.2. The minimum absolute atomic E-state index is 0.693. The molecule has 2 heteroatoms. The molecule has 0 aromatic rings. The Kier molecular flexibility index (Phi) is 2.14. The largest absolute Gasteiger partial charge is 0.300 e. The maximum atomic E-state index is 3.54. The average Bonchev–Trinajstić information content (AvgIpc) is 2.55. The van der Waals surface area contributed by atoms with Crippen LogP contribution < -0.4 is 10.6 Å². The minimum atomic E-state index is 0.693. The van der Waals surface area contributed by atoms with Crippen LogP contribution in [0.1, 0.15) is 32.6 Å². The quantitative estimate of drug-likeness (QED) is 0.590. The molecule has 2 rings (SSSR count). The van der Waals surface area contributed by atoms with Gasteiger partial charge in [0.25, 0.3) is 0 Å². The molecule has 1 aliphatic heterocycles. The summed E-state index contributed by atoms with van der Waals surface area (Å²) in [5.41, 5.74) is 0. The third-order valence-electron chi connectivity index (χ3n) is 3.21. The van der Waals surface area contributed by atoms with E-state index in [0.29, 0.717) is 6.04 Å². The van der Waals surface area contributed by atoms with E-state index < -0.39 is 0 Å². The standard InChI is InChI=1S/C9H18N2/c1-7-9(11-6-10-7)8-4-2-3-5-8/h7-11H,2-6H2,1H3. The molecule has 2 aliphatic rings. The maximum absolute atomic E-state index is 3.54. The van der Waals surface area contributed by atoms with Crippen molar-refractivity contribution in [1.29, 1.82) is 0 Å². The van der Waals surface area contributed by atoms with Crippen molar-refractivity contribution < 1.29 is 0 Å². The Bertz CT molecular complexity index is 130. The van der Waals surface area contributed by atoms with Gasteiger partial charge in [-0.3, -0.25) is 5.32 Å². The minimum Gasteiger partial charge on any atom is -0.300 e. The Labute approximate surface area is 68.7 Å². The van der Waals surface area contributed by atoms with Crippen LogP contribution in [-0.4, -0.2) is 18.8 Å². The van der Waals surface area contributed by atoms with Gasteiger partial charge in [-0.1, -0.05) is 12.8 Å². The zero-order chi connectivity index (χ0) is 7.68. The van der Waals surface area contributed by atoms with Gasteiger partial charge in [0.15, 0.2) is 0 Å². The molecule has 2 nitrogen and oxygen atoms in total. The summed E-state index contributed by atoms with van der Waals surface area (Å²) in [6.07, 6.45) is 5.80. The molecule has 0 aromatic heterocycles. The zero-order valence-electron chi connectivity index (χ0n) is 7.27. The summed E-state index contributed by atoms with van der Waals surface area (Å²) in [7, 11) is 0. The van der Waals surface area contributed by atoms with Gasteiger partial charge >= 0.3 is 0 Å². The van der Waals surface area contributed by atoms with Gasteiger partial charge in [-0.05, 0) is 25.7 Å². The normalized spacial score (nSPS) is 40.1. The van der Waals surface area contributed by atoms with E-state index in [1.54, 1.807) is 0 Å². The first kappa shape index (κ1) is 7.56. The topological polar surface area (TPSA) is 24.1 Å². The van der Waals surface area contributed by atoms with Crippen LogP contribution in [0.5, 0.6) is 0 Å². The Morgan fingerprint density at radius 3 is 2.36 bits per heavy atom. The monoisotopic (exact) mass is 154 g/mol. The van der Waals surface area contributed by atoms with E-state index in [1.165, 1.54) is 25.7 Å². The molecule has 11 heavy (non-hydrogen) atoms. The molecule has 64 valence electrons. The van der Waals surface area contributed by atoms with E-state index in [2.05, 4.69) is 17.6 Å². The van der Waals surface area contributed by atoms with Gasteiger partial charge in [0, 0.05) is 18.8 Å². The lowest BCUT2D eigenvalue weighted by Gasteiger charge is -2.21. The van der Waals surface area contributed by atoms with E-state index in [4.69, 9.17) is 0 Å². The Balaban J connectivity index is 1.92. The number of rotatable bonds is 1. The molecule has 2 atom stereocenters. The average molecular weight is 154 g/mol. The zero-order valence-corrected chi connectivity index (χ0v) is 7.27. The van der Waals surface area contributed by atoms with Crippen LogP contribution in [0.3, 0.4) is 0 Å². The molecular formula is C9H18N2. The summed E-state index contributed by atoms with van der Waals surface area (Å²) in [4.78, 5) is 0. The fourth-order valence-corrected chi connectivity index (χ4v) is 2.53. The molecule has 1 heterocycles. The van der Waals surface area contributed by atoms with E-state index in [0.717, 1.165) is 18.6 Å². The van der Waals surface area contributed by atoms with E-state index >= 15 is 0 Å². The summed E-state index contributed by atoms with van der Waals surface area (Å²) >= 11 is 0. The number of hydrogen-bond donors (Lipinski definition) is 2. The molecular weight excluding hydrogens is 136 g/mol. The Morgan fingerprint density at radius 2 is 1.82 bits per heavy atom. The molecule has 0 bridgehead atoms. The summed E-state index contributed by atoms with van der Waals surface area (Å²) in [6, 6.07) is 1.45. The van der Waals surface area contributed by atoms with Gasteiger partial charge in [-0.15, -0.1) is 0 Å². The van der Waals surface area contributed by atoms with Crippen LogP contribution >= 0.6 is 0 Å². The summed E-state index contributed by atoms with van der Waals surface area (Å²) in [6.45, 7) is 3.31. The van der Waals surface area contributed by atoms with Crippen LogP contribution in [0.4, 0.5) is 0 Å². The second-order valence-electron chi connectivity index (χ2n) is 3.94. The van der Waals surface area contributed by atoms with Crippen molar-refractivity contribution in [2.45, 2.75) is 44.7 Å². The molecule has 2 N–H and O–H groups in total. The highest BCUT2D eigenvalue weighted by Gasteiger charge is 2.31. The third-order valence-corrected chi connectivity index (χ3v) is 3.21. The van der Waals surface area contributed by atoms with Gasteiger partial charge in [0.1, 0.15) is 0 Å². The highest BCUT2D eigenvalue weighted by molar-refractivity contribution is 4.91. The molecule has 0 amide bonds. The molecule has 2 unspecified atom stereocenters. The van der Waals surface area contributed by atoms with Crippen LogP contribution in [0.15, 0.2) is 0 Å². The Hall–Kier alpha value is -0.0800.